The van der Waals surface area contributed by atoms with Crippen molar-refractivity contribution in [2.24, 2.45) is 4.99 Å². The Bertz CT molecular complexity index is 483. The van der Waals surface area contributed by atoms with Crippen molar-refractivity contribution in [3.63, 3.8) is 0 Å². The minimum absolute atomic E-state index is 0.0659. The number of hydrogen-bond donors (Lipinski definition) is 1. The first-order valence-electron chi connectivity index (χ1n) is 4.36. The third-order valence-corrected chi connectivity index (χ3v) is 2.23. The molecule has 0 aliphatic heterocycles. The highest BCUT2D eigenvalue weighted by Crippen LogP contribution is 2.29. The van der Waals surface area contributed by atoms with Crippen LogP contribution >= 0.6 is 34.8 Å². The first-order valence-corrected chi connectivity index (χ1v) is 5.50. The number of halogens is 4. The van der Waals surface area contributed by atoms with Crippen molar-refractivity contribution in [2.75, 3.05) is 0 Å². The Kier molecular flexibility index (Phi) is 4.36. The summed E-state index contributed by atoms with van der Waals surface area (Å²) < 4.78 is 11.5. The largest absolute Gasteiger partial charge is 0.478 e. The van der Waals surface area contributed by atoms with Gasteiger partial charge < -0.3 is 5.11 Å². The third-order valence-electron chi connectivity index (χ3n) is 1.94. The highest BCUT2D eigenvalue weighted by atomic mass is 35.6. The smallest absolute Gasteiger partial charge is 0.337 e. The van der Waals surface area contributed by atoms with E-state index in [1.807, 2.05) is 0 Å². The second-order valence-electron chi connectivity index (χ2n) is 3.17. The molecule has 1 rings (SSSR count). The lowest BCUT2D eigenvalue weighted by Crippen LogP contribution is -2.04. The van der Waals surface area contributed by atoms with Gasteiger partial charge in [0.25, 0.3) is 0 Å². The molecule has 0 aromatic heterocycles. The first-order chi connectivity index (χ1) is 7.72. The van der Waals surface area contributed by atoms with Crippen LogP contribution in [0.3, 0.4) is 0 Å². The maximum Gasteiger partial charge on any atom is 0.337 e. The number of benzene rings is 1. The van der Waals surface area contributed by atoms with Crippen LogP contribution < -0.4 is 0 Å². The van der Waals surface area contributed by atoms with Crippen LogP contribution in [0, 0.1) is 12.7 Å². The topological polar surface area (TPSA) is 49.7 Å². The van der Waals surface area contributed by atoms with Crippen LogP contribution in [0.2, 0.25) is 0 Å². The average Bonchev–Trinajstić information content (AvgIpc) is 2.18. The van der Waals surface area contributed by atoms with Gasteiger partial charge in [0.2, 0.25) is 3.79 Å². The number of aromatic carboxylic acids is 1. The lowest BCUT2D eigenvalue weighted by atomic mass is 10.1. The molecule has 0 aliphatic carbocycles. The van der Waals surface area contributed by atoms with E-state index in [4.69, 9.17) is 39.9 Å². The Morgan fingerprint density at radius 2 is 2.06 bits per heavy atom. The van der Waals surface area contributed by atoms with E-state index in [1.54, 1.807) is 0 Å². The van der Waals surface area contributed by atoms with E-state index in [1.165, 1.54) is 6.92 Å². The summed E-state index contributed by atoms with van der Waals surface area (Å²) in [5.74, 6) is -1.81. The molecule has 1 aromatic rings. The van der Waals surface area contributed by atoms with Crippen molar-refractivity contribution in [3.8, 4) is 0 Å². The molecule has 0 fully saturated rings. The molecule has 1 aromatic carbocycles. The van der Waals surface area contributed by atoms with Gasteiger partial charge in [-0.2, -0.15) is 0 Å². The lowest BCUT2D eigenvalue weighted by Gasteiger charge is -2.07. The number of rotatable bonds is 2. The Morgan fingerprint density at radius 1 is 1.47 bits per heavy atom. The van der Waals surface area contributed by atoms with E-state index < -0.39 is 15.6 Å². The van der Waals surface area contributed by atoms with Gasteiger partial charge in [-0.25, -0.2) is 9.18 Å². The summed E-state index contributed by atoms with van der Waals surface area (Å²) in [7, 11) is 0. The predicted octanol–water partition coefficient (Wildman–Crippen LogP) is 3.90. The van der Waals surface area contributed by atoms with Crippen LogP contribution in [-0.4, -0.2) is 21.1 Å². The van der Waals surface area contributed by atoms with Crippen LogP contribution in [0.15, 0.2) is 17.1 Å². The quantitative estimate of drug-likeness (QED) is 0.665. The summed E-state index contributed by atoms with van der Waals surface area (Å²) >= 11 is 16.3. The minimum atomic E-state index is -1.77. The molecule has 92 valence electrons. The summed E-state index contributed by atoms with van der Waals surface area (Å²) in [5.41, 5.74) is -0.145. The molecule has 0 bridgehead atoms. The molecule has 7 heteroatoms. The van der Waals surface area contributed by atoms with Gasteiger partial charge >= 0.3 is 5.97 Å². The number of aliphatic imine (C=N–C) groups is 1. The maximum atomic E-state index is 13.3. The fraction of sp³-hybridized carbons (Fsp3) is 0.200. The molecule has 0 spiro atoms. The highest BCUT2D eigenvalue weighted by molar-refractivity contribution is 6.74. The van der Waals surface area contributed by atoms with Crippen molar-refractivity contribution in [2.45, 2.75) is 10.7 Å². The lowest BCUT2D eigenvalue weighted by molar-refractivity contribution is 0.0697. The molecule has 0 heterocycles. The number of hydrogen-bond acceptors (Lipinski definition) is 2. The van der Waals surface area contributed by atoms with Crippen LogP contribution in [0.1, 0.15) is 15.9 Å². The molecular formula is C10H7Cl3FNO2. The van der Waals surface area contributed by atoms with Gasteiger partial charge in [0.15, 0.2) is 0 Å². The Balaban J connectivity index is 3.34. The van der Waals surface area contributed by atoms with E-state index in [-0.39, 0.29) is 16.8 Å². The molecule has 0 saturated heterocycles. The highest BCUT2D eigenvalue weighted by Gasteiger charge is 2.18. The Labute approximate surface area is 112 Å². The summed E-state index contributed by atoms with van der Waals surface area (Å²) in [5, 5.41) is 8.92. The van der Waals surface area contributed by atoms with Crippen molar-refractivity contribution in [1.82, 2.24) is 0 Å². The van der Waals surface area contributed by atoms with Gasteiger partial charge in [0.1, 0.15) is 5.82 Å². The molecular weight excluding hydrogens is 291 g/mol. The van der Waals surface area contributed by atoms with Crippen molar-refractivity contribution < 1.29 is 14.3 Å². The molecule has 1 N–H and O–H groups in total. The fourth-order valence-corrected chi connectivity index (χ4v) is 1.30. The number of carboxylic acids is 1. The van der Waals surface area contributed by atoms with Gasteiger partial charge in [-0.15, -0.1) is 0 Å². The molecule has 0 unspecified atom stereocenters. The van der Waals surface area contributed by atoms with Crippen LogP contribution in [-0.2, 0) is 0 Å². The SMILES string of the molecule is Cc1c(F)ccc(C(=O)O)c1N=CC(Cl)(Cl)Cl. The van der Waals surface area contributed by atoms with Gasteiger partial charge in [-0.05, 0) is 19.1 Å². The van der Waals surface area contributed by atoms with Gasteiger partial charge in [-0.1, -0.05) is 34.8 Å². The van der Waals surface area contributed by atoms with E-state index in [9.17, 15) is 9.18 Å². The van der Waals surface area contributed by atoms with E-state index in [0.29, 0.717) is 0 Å². The van der Waals surface area contributed by atoms with Crippen molar-refractivity contribution in [1.29, 1.82) is 0 Å². The second kappa shape index (κ2) is 5.21. The molecule has 17 heavy (non-hydrogen) atoms. The molecule has 3 nitrogen and oxygen atoms in total. The summed E-state index contributed by atoms with van der Waals surface area (Å²) in [6.45, 7) is 1.40. The van der Waals surface area contributed by atoms with E-state index >= 15 is 0 Å². The third kappa shape index (κ3) is 3.84. The van der Waals surface area contributed by atoms with Gasteiger partial charge in [0, 0.05) is 5.56 Å². The van der Waals surface area contributed by atoms with Crippen molar-refractivity contribution in [3.05, 3.63) is 29.1 Å². The zero-order valence-corrected chi connectivity index (χ0v) is 10.8. The van der Waals surface area contributed by atoms with Gasteiger partial charge in [-0.3, -0.25) is 4.99 Å². The zero-order chi connectivity index (χ0) is 13.2. The molecule has 0 atom stereocenters. The van der Waals surface area contributed by atoms with E-state index in [2.05, 4.69) is 4.99 Å². The molecule has 0 aliphatic rings. The summed E-state index contributed by atoms with van der Waals surface area (Å²) in [6, 6.07) is 2.16. The predicted molar refractivity (Wildman–Crippen MR) is 66.5 cm³/mol. The molecule has 0 saturated carbocycles. The van der Waals surface area contributed by atoms with E-state index in [0.717, 1.165) is 18.3 Å². The number of carboxylic acid groups (broad SMARTS) is 1. The number of nitrogens with zero attached hydrogens (tertiary/aromatic N) is 1. The standard InChI is InChI=1S/C10H7Cl3FNO2/c1-5-7(14)3-2-6(9(16)17)8(5)15-4-10(11,12)13/h2-4H,1H3,(H,16,17). The first kappa shape index (κ1) is 14.2. The minimum Gasteiger partial charge on any atom is -0.478 e. The Hall–Kier alpha value is -0.840. The van der Waals surface area contributed by atoms with Crippen LogP contribution in [0.4, 0.5) is 10.1 Å². The maximum absolute atomic E-state index is 13.3. The second-order valence-corrected chi connectivity index (χ2v) is 5.54. The number of alkyl halides is 3. The fourth-order valence-electron chi connectivity index (χ4n) is 1.15. The Morgan fingerprint density at radius 3 is 2.53 bits per heavy atom. The zero-order valence-electron chi connectivity index (χ0n) is 8.55. The molecule has 0 radical (unpaired) electrons. The normalized spacial score (nSPS) is 12.1. The molecule has 0 amide bonds. The van der Waals surface area contributed by atoms with Crippen molar-refractivity contribution >= 4 is 52.7 Å². The monoisotopic (exact) mass is 297 g/mol. The average molecular weight is 299 g/mol. The van der Waals surface area contributed by atoms with Gasteiger partial charge in [0.05, 0.1) is 17.5 Å². The number of carbonyl (C=O) groups is 1. The van der Waals surface area contributed by atoms with Crippen LogP contribution in [0.25, 0.3) is 0 Å². The summed E-state index contributed by atoms with van der Waals surface area (Å²) in [6.07, 6.45) is 0.923. The van der Waals surface area contributed by atoms with Crippen LogP contribution in [0.5, 0.6) is 0 Å². The summed E-state index contributed by atoms with van der Waals surface area (Å²) in [4.78, 5) is 14.6.